The maximum atomic E-state index is 12.2. The first kappa shape index (κ1) is 10.8. The van der Waals surface area contributed by atoms with E-state index in [1.165, 1.54) is 0 Å². The number of amides is 1. The van der Waals surface area contributed by atoms with Crippen molar-refractivity contribution in [3.63, 3.8) is 0 Å². The van der Waals surface area contributed by atoms with Gasteiger partial charge in [0.05, 0.1) is 18.6 Å². The summed E-state index contributed by atoms with van der Waals surface area (Å²) in [5.41, 5.74) is -0.667. The zero-order valence-corrected chi connectivity index (χ0v) is 9.63. The third kappa shape index (κ3) is 1.23. The number of hydrogen-bond donors (Lipinski definition) is 1. The van der Waals surface area contributed by atoms with Crippen LogP contribution in [0.1, 0.15) is 13.3 Å². The minimum atomic E-state index is -0.932. The molecule has 1 spiro atoms. The van der Waals surface area contributed by atoms with E-state index in [2.05, 4.69) is 0 Å². The molecule has 1 amide bonds. The molecule has 3 aliphatic rings. The lowest BCUT2D eigenvalue weighted by Crippen LogP contribution is -2.39. The fourth-order valence-electron chi connectivity index (χ4n) is 3.32. The summed E-state index contributed by atoms with van der Waals surface area (Å²) in [7, 11) is 0. The molecule has 2 saturated heterocycles. The monoisotopic (exact) mass is 237 g/mol. The second kappa shape index (κ2) is 3.32. The Labute approximate surface area is 99.0 Å². The van der Waals surface area contributed by atoms with Crippen molar-refractivity contribution in [2.75, 3.05) is 13.1 Å². The molecule has 5 heteroatoms. The lowest BCUT2D eigenvalue weighted by Gasteiger charge is -2.21. The molecule has 0 unspecified atom stereocenters. The van der Waals surface area contributed by atoms with Crippen LogP contribution in [0.25, 0.3) is 0 Å². The number of nitrogens with zero attached hydrogens (tertiary/aromatic N) is 1. The number of ether oxygens (including phenoxy) is 1. The Morgan fingerprint density at radius 3 is 3.12 bits per heavy atom. The van der Waals surface area contributed by atoms with Crippen LogP contribution in [0.5, 0.6) is 0 Å². The third-order valence-electron chi connectivity index (χ3n) is 3.96. The Bertz CT molecular complexity index is 419. The molecule has 0 aliphatic carbocycles. The molecule has 2 fully saturated rings. The lowest BCUT2D eigenvalue weighted by atomic mass is 9.77. The minimum Gasteiger partial charge on any atom is -0.481 e. The van der Waals surface area contributed by atoms with Crippen molar-refractivity contribution in [1.82, 2.24) is 4.90 Å². The van der Waals surface area contributed by atoms with E-state index in [1.807, 2.05) is 13.0 Å². The Morgan fingerprint density at radius 2 is 2.47 bits per heavy atom. The average molecular weight is 237 g/mol. The fraction of sp³-hybridized carbons (Fsp3) is 0.667. The summed E-state index contributed by atoms with van der Waals surface area (Å²) in [4.78, 5) is 25.2. The van der Waals surface area contributed by atoms with Crippen LogP contribution in [0.4, 0.5) is 0 Å². The molecule has 17 heavy (non-hydrogen) atoms. The summed E-state index contributed by atoms with van der Waals surface area (Å²) in [5, 5.41) is 9.23. The minimum absolute atomic E-state index is 0.0638. The molecule has 3 aliphatic heterocycles. The van der Waals surface area contributed by atoms with Crippen molar-refractivity contribution in [3.8, 4) is 0 Å². The van der Waals surface area contributed by atoms with Gasteiger partial charge in [0.2, 0.25) is 5.91 Å². The van der Waals surface area contributed by atoms with Crippen molar-refractivity contribution in [3.05, 3.63) is 12.2 Å². The molecular weight excluding hydrogens is 222 g/mol. The Hall–Kier alpha value is -1.36. The number of aliphatic carboxylic acids is 1. The molecule has 1 N–H and O–H groups in total. The van der Waals surface area contributed by atoms with Crippen molar-refractivity contribution >= 4 is 11.9 Å². The van der Waals surface area contributed by atoms with E-state index in [0.717, 1.165) is 6.42 Å². The molecule has 4 atom stereocenters. The van der Waals surface area contributed by atoms with Gasteiger partial charge in [0.1, 0.15) is 11.5 Å². The van der Waals surface area contributed by atoms with E-state index in [1.54, 1.807) is 11.0 Å². The van der Waals surface area contributed by atoms with Crippen LogP contribution in [0.15, 0.2) is 12.2 Å². The van der Waals surface area contributed by atoms with Crippen molar-refractivity contribution in [1.29, 1.82) is 0 Å². The molecule has 92 valence electrons. The molecule has 0 aromatic carbocycles. The Morgan fingerprint density at radius 1 is 1.71 bits per heavy atom. The molecule has 5 nitrogen and oxygen atoms in total. The lowest BCUT2D eigenvalue weighted by molar-refractivity contribution is -0.148. The Balaban J connectivity index is 1.96. The van der Waals surface area contributed by atoms with E-state index in [4.69, 9.17) is 4.74 Å². The predicted octanol–water partition coefficient (Wildman–Crippen LogP) is 0.263. The molecule has 0 aromatic heterocycles. The first-order valence-electron chi connectivity index (χ1n) is 5.98. The Kier molecular flexibility index (Phi) is 2.10. The van der Waals surface area contributed by atoms with Crippen molar-refractivity contribution in [2.24, 2.45) is 11.8 Å². The van der Waals surface area contributed by atoms with E-state index >= 15 is 0 Å². The predicted molar refractivity (Wildman–Crippen MR) is 58.2 cm³/mol. The number of carbonyl (C=O) groups is 2. The molecular formula is C12H15NO4. The topological polar surface area (TPSA) is 66.8 Å². The number of carboxylic acids is 1. The zero-order chi connectivity index (χ0) is 12.2. The van der Waals surface area contributed by atoms with Gasteiger partial charge in [0, 0.05) is 6.54 Å². The number of likely N-dealkylation sites (tertiary alicyclic amines) is 1. The number of hydrogen-bond acceptors (Lipinski definition) is 3. The zero-order valence-electron chi connectivity index (χ0n) is 9.63. The smallest absolute Gasteiger partial charge is 0.310 e. The number of carbonyl (C=O) groups excluding carboxylic acids is 1. The number of fused-ring (bicyclic) bond motifs is 1. The molecule has 0 radical (unpaired) electrons. The van der Waals surface area contributed by atoms with E-state index in [9.17, 15) is 14.7 Å². The van der Waals surface area contributed by atoms with Gasteiger partial charge < -0.3 is 14.7 Å². The SMILES string of the molecule is CCCN1C[C@]23C=C[C@@H](O2)[C@H](C(=O)O)[C@@H]3C1=O. The van der Waals surface area contributed by atoms with Crippen LogP contribution in [0.3, 0.4) is 0 Å². The highest BCUT2D eigenvalue weighted by Gasteiger charge is 2.66. The number of carboxylic acid groups (broad SMARTS) is 1. The summed E-state index contributed by atoms with van der Waals surface area (Å²) < 4.78 is 5.75. The van der Waals surface area contributed by atoms with Crippen LogP contribution >= 0.6 is 0 Å². The van der Waals surface area contributed by atoms with Gasteiger partial charge in [0.25, 0.3) is 0 Å². The summed E-state index contributed by atoms with van der Waals surface area (Å²) in [6, 6.07) is 0. The number of rotatable bonds is 3. The van der Waals surface area contributed by atoms with Gasteiger partial charge in [-0.25, -0.2) is 0 Å². The van der Waals surface area contributed by atoms with E-state index < -0.39 is 29.5 Å². The third-order valence-corrected chi connectivity index (χ3v) is 3.96. The van der Waals surface area contributed by atoms with Crippen LogP contribution in [0.2, 0.25) is 0 Å². The van der Waals surface area contributed by atoms with Gasteiger partial charge in [-0.2, -0.15) is 0 Å². The van der Waals surface area contributed by atoms with Crippen LogP contribution < -0.4 is 0 Å². The van der Waals surface area contributed by atoms with Gasteiger partial charge >= 0.3 is 5.97 Å². The second-order valence-corrected chi connectivity index (χ2v) is 5.00. The molecule has 0 aromatic rings. The maximum absolute atomic E-state index is 12.2. The molecule has 3 heterocycles. The van der Waals surface area contributed by atoms with Gasteiger partial charge in [-0.1, -0.05) is 19.1 Å². The summed E-state index contributed by atoms with van der Waals surface area (Å²) in [6.07, 6.45) is 4.12. The summed E-state index contributed by atoms with van der Waals surface area (Å²) in [6.45, 7) is 3.17. The van der Waals surface area contributed by atoms with Crippen molar-refractivity contribution in [2.45, 2.75) is 25.0 Å². The first-order valence-corrected chi connectivity index (χ1v) is 5.98. The first-order chi connectivity index (χ1) is 8.09. The average Bonchev–Trinajstić information content (AvgIpc) is 2.88. The summed E-state index contributed by atoms with van der Waals surface area (Å²) in [5.74, 6) is -2.24. The van der Waals surface area contributed by atoms with Gasteiger partial charge in [-0.05, 0) is 6.42 Å². The highest BCUT2D eigenvalue weighted by Crippen LogP contribution is 2.51. The van der Waals surface area contributed by atoms with Crippen LogP contribution in [0, 0.1) is 11.8 Å². The fourth-order valence-corrected chi connectivity index (χ4v) is 3.32. The highest BCUT2D eigenvalue weighted by molar-refractivity contribution is 5.90. The maximum Gasteiger partial charge on any atom is 0.310 e. The van der Waals surface area contributed by atoms with E-state index in [-0.39, 0.29) is 5.91 Å². The van der Waals surface area contributed by atoms with Gasteiger partial charge in [-0.15, -0.1) is 0 Å². The standard InChI is InChI=1S/C12H15NO4/c1-2-5-13-6-12-4-3-7(17-12)8(11(15)16)9(12)10(13)14/h3-4,7-9H,2,5-6H2,1H3,(H,15,16)/t7-,8+,9-,12+/m1/s1. The molecule has 2 bridgehead atoms. The van der Waals surface area contributed by atoms with E-state index in [0.29, 0.717) is 13.1 Å². The molecule has 0 saturated carbocycles. The quantitative estimate of drug-likeness (QED) is 0.715. The normalized spacial score (nSPS) is 42.3. The van der Waals surface area contributed by atoms with Crippen LogP contribution in [-0.2, 0) is 14.3 Å². The second-order valence-electron chi connectivity index (χ2n) is 5.00. The van der Waals surface area contributed by atoms with Crippen LogP contribution in [-0.4, -0.2) is 46.7 Å². The van der Waals surface area contributed by atoms with Crippen molar-refractivity contribution < 1.29 is 19.4 Å². The molecule has 3 rings (SSSR count). The van der Waals surface area contributed by atoms with Gasteiger partial charge in [-0.3, -0.25) is 9.59 Å². The highest BCUT2D eigenvalue weighted by atomic mass is 16.5. The van der Waals surface area contributed by atoms with Gasteiger partial charge in [0.15, 0.2) is 0 Å². The summed E-state index contributed by atoms with van der Waals surface area (Å²) >= 11 is 0. The largest absolute Gasteiger partial charge is 0.481 e.